The second kappa shape index (κ2) is 8.45. The highest BCUT2D eigenvalue weighted by Crippen LogP contribution is 2.16. The first-order valence-electron chi connectivity index (χ1n) is 8.29. The first kappa shape index (κ1) is 16.5. The Labute approximate surface area is 142 Å². The average molecular weight is 326 g/mol. The summed E-state index contributed by atoms with van der Waals surface area (Å²) in [6, 6.07) is 13.5. The summed E-state index contributed by atoms with van der Waals surface area (Å²) < 4.78 is 11.2. The second-order valence-electron chi connectivity index (χ2n) is 5.87. The number of carbonyl (C=O) groups excluding carboxylic acids is 1. The maximum absolute atomic E-state index is 11.9. The topological polar surface area (TPSA) is 60.5 Å². The molecule has 1 aliphatic rings. The number of aromatic nitrogens is 1. The minimum absolute atomic E-state index is 0.0294. The molecule has 126 valence electrons. The molecule has 0 radical (unpaired) electrons. The van der Waals surface area contributed by atoms with Gasteiger partial charge in [-0.2, -0.15) is 0 Å². The monoisotopic (exact) mass is 326 g/mol. The zero-order chi connectivity index (χ0) is 16.6. The molecule has 0 spiro atoms. The number of carbonyl (C=O) groups is 1. The molecule has 1 N–H and O–H groups in total. The molecule has 1 fully saturated rings. The van der Waals surface area contributed by atoms with Crippen LogP contribution in [0.15, 0.2) is 48.7 Å². The van der Waals surface area contributed by atoms with Crippen LogP contribution in [0, 0.1) is 0 Å². The third-order valence-electron chi connectivity index (χ3n) is 3.94. The van der Waals surface area contributed by atoms with Crippen LogP contribution in [0.5, 0.6) is 5.75 Å². The predicted molar refractivity (Wildman–Crippen MR) is 90.4 cm³/mol. The number of benzene rings is 1. The number of amides is 1. The molecule has 1 amide bonds. The summed E-state index contributed by atoms with van der Waals surface area (Å²) in [4.78, 5) is 16.2. The Bertz CT molecular complexity index is 655. The number of nitrogens with zero attached hydrogens (tertiary/aromatic N) is 1. The molecule has 1 atom stereocenters. The van der Waals surface area contributed by atoms with Gasteiger partial charge in [-0.05, 0) is 42.7 Å². The van der Waals surface area contributed by atoms with Crippen molar-refractivity contribution in [3.63, 3.8) is 0 Å². The highest BCUT2D eigenvalue weighted by atomic mass is 16.5. The molecule has 1 saturated heterocycles. The molecule has 0 aliphatic carbocycles. The van der Waals surface area contributed by atoms with E-state index in [1.54, 1.807) is 6.20 Å². The van der Waals surface area contributed by atoms with E-state index in [1.165, 1.54) is 0 Å². The number of nitrogens with one attached hydrogen (secondary N) is 1. The molecule has 0 bridgehead atoms. The van der Waals surface area contributed by atoms with Gasteiger partial charge in [0, 0.05) is 19.3 Å². The van der Waals surface area contributed by atoms with Gasteiger partial charge in [0.1, 0.15) is 12.4 Å². The third-order valence-corrected chi connectivity index (χ3v) is 3.94. The van der Waals surface area contributed by atoms with E-state index in [4.69, 9.17) is 9.47 Å². The zero-order valence-corrected chi connectivity index (χ0v) is 13.6. The number of ether oxygens (including phenoxy) is 2. The van der Waals surface area contributed by atoms with Gasteiger partial charge >= 0.3 is 0 Å². The third kappa shape index (κ3) is 5.06. The van der Waals surface area contributed by atoms with Gasteiger partial charge in [-0.25, -0.2) is 0 Å². The summed E-state index contributed by atoms with van der Waals surface area (Å²) in [5.41, 5.74) is 1.89. The molecule has 0 saturated carbocycles. The molecule has 2 heterocycles. The average Bonchev–Trinajstić information content (AvgIpc) is 3.12. The summed E-state index contributed by atoms with van der Waals surface area (Å²) >= 11 is 0. The molecule has 3 rings (SSSR count). The molecule has 1 unspecified atom stereocenters. The van der Waals surface area contributed by atoms with Gasteiger partial charge in [0.05, 0.1) is 18.2 Å². The Morgan fingerprint density at radius 1 is 1.29 bits per heavy atom. The van der Waals surface area contributed by atoms with Crippen LogP contribution in [0.4, 0.5) is 0 Å². The Kier molecular flexibility index (Phi) is 5.80. The molecule has 5 nitrogen and oxygen atoms in total. The lowest BCUT2D eigenvalue weighted by Gasteiger charge is -2.11. The van der Waals surface area contributed by atoms with E-state index < -0.39 is 0 Å². The quantitative estimate of drug-likeness (QED) is 0.850. The van der Waals surface area contributed by atoms with Gasteiger partial charge in [0.25, 0.3) is 0 Å². The Morgan fingerprint density at radius 3 is 3.04 bits per heavy atom. The summed E-state index contributed by atoms with van der Waals surface area (Å²) in [5, 5.41) is 2.94. The first-order valence-corrected chi connectivity index (χ1v) is 8.29. The molecule has 1 aliphatic heterocycles. The fourth-order valence-electron chi connectivity index (χ4n) is 2.67. The van der Waals surface area contributed by atoms with Crippen molar-refractivity contribution >= 4 is 5.91 Å². The van der Waals surface area contributed by atoms with Crippen molar-refractivity contribution in [3.05, 3.63) is 59.9 Å². The van der Waals surface area contributed by atoms with Crippen molar-refractivity contribution in [2.24, 2.45) is 0 Å². The van der Waals surface area contributed by atoms with Crippen molar-refractivity contribution in [1.82, 2.24) is 10.3 Å². The van der Waals surface area contributed by atoms with Crippen molar-refractivity contribution in [1.29, 1.82) is 0 Å². The second-order valence-corrected chi connectivity index (χ2v) is 5.87. The lowest BCUT2D eigenvalue weighted by molar-refractivity contribution is -0.123. The lowest BCUT2D eigenvalue weighted by atomic mass is 10.1. The van der Waals surface area contributed by atoms with E-state index in [2.05, 4.69) is 10.3 Å². The highest BCUT2D eigenvalue weighted by Gasteiger charge is 2.18. The van der Waals surface area contributed by atoms with Crippen molar-refractivity contribution in [2.45, 2.75) is 38.5 Å². The van der Waals surface area contributed by atoms with Gasteiger partial charge in [-0.1, -0.05) is 18.2 Å². The van der Waals surface area contributed by atoms with Crippen LogP contribution in [-0.2, 0) is 22.7 Å². The number of hydrogen-bond donors (Lipinski definition) is 1. The Hall–Kier alpha value is -2.40. The van der Waals surface area contributed by atoms with E-state index in [9.17, 15) is 4.79 Å². The number of hydrogen-bond acceptors (Lipinski definition) is 4. The minimum atomic E-state index is 0.0294. The fourth-order valence-corrected chi connectivity index (χ4v) is 2.67. The van der Waals surface area contributed by atoms with Gasteiger partial charge in [0.2, 0.25) is 5.91 Å². The zero-order valence-electron chi connectivity index (χ0n) is 13.6. The van der Waals surface area contributed by atoms with E-state index in [0.29, 0.717) is 19.6 Å². The lowest BCUT2D eigenvalue weighted by Crippen LogP contribution is -2.26. The van der Waals surface area contributed by atoms with Crippen LogP contribution in [0.1, 0.15) is 30.5 Å². The summed E-state index contributed by atoms with van der Waals surface area (Å²) in [6.07, 6.45) is 4.30. The molecule has 24 heavy (non-hydrogen) atoms. The van der Waals surface area contributed by atoms with E-state index in [-0.39, 0.29) is 12.0 Å². The Morgan fingerprint density at radius 2 is 2.25 bits per heavy atom. The molecule has 1 aromatic heterocycles. The van der Waals surface area contributed by atoms with Crippen molar-refractivity contribution in [3.8, 4) is 5.75 Å². The van der Waals surface area contributed by atoms with Gasteiger partial charge in [-0.3, -0.25) is 9.78 Å². The molecule has 1 aromatic carbocycles. The van der Waals surface area contributed by atoms with Crippen LogP contribution >= 0.6 is 0 Å². The van der Waals surface area contributed by atoms with Gasteiger partial charge < -0.3 is 14.8 Å². The summed E-state index contributed by atoms with van der Waals surface area (Å²) in [5.74, 6) is 0.799. The summed E-state index contributed by atoms with van der Waals surface area (Å²) in [6.45, 7) is 1.69. The molecular formula is C19H22N2O3. The standard InChI is InChI=1S/C19H22N2O3/c22-19(12-18-8-4-10-23-18)21-13-15-5-3-7-17(11-15)24-14-16-6-1-2-9-20-16/h1-3,5-7,9,11,18H,4,8,10,12-14H2,(H,21,22). The molecule has 5 heteroatoms. The van der Waals surface area contributed by atoms with Crippen molar-refractivity contribution < 1.29 is 14.3 Å². The van der Waals surface area contributed by atoms with Crippen LogP contribution in [0.3, 0.4) is 0 Å². The van der Waals surface area contributed by atoms with Crippen LogP contribution in [0.2, 0.25) is 0 Å². The molecule has 2 aromatic rings. The van der Waals surface area contributed by atoms with E-state index in [1.807, 2.05) is 42.5 Å². The molecular weight excluding hydrogens is 304 g/mol. The van der Waals surface area contributed by atoms with Gasteiger partial charge in [0.15, 0.2) is 0 Å². The first-order chi connectivity index (χ1) is 11.8. The van der Waals surface area contributed by atoms with Crippen LogP contribution in [-0.4, -0.2) is 23.6 Å². The largest absolute Gasteiger partial charge is 0.487 e. The smallest absolute Gasteiger partial charge is 0.222 e. The maximum atomic E-state index is 11.9. The summed E-state index contributed by atoms with van der Waals surface area (Å²) in [7, 11) is 0. The van der Waals surface area contributed by atoms with E-state index >= 15 is 0 Å². The predicted octanol–water partition coefficient (Wildman–Crippen LogP) is 2.85. The fraction of sp³-hybridized carbons (Fsp3) is 0.368. The highest BCUT2D eigenvalue weighted by molar-refractivity contribution is 5.76. The minimum Gasteiger partial charge on any atom is -0.487 e. The van der Waals surface area contributed by atoms with Crippen LogP contribution < -0.4 is 10.1 Å². The van der Waals surface area contributed by atoms with Crippen LogP contribution in [0.25, 0.3) is 0 Å². The number of pyridine rings is 1. The number of rotatable bonds is 7. The SMILES string of the molecule is O=C(CC1CCCO1)NCc1cccc(OCc2ccccn2)c1. The Balaban J connectivity index is 1.46. The normalized spacial score (nSPS) is 16.8. The van der Waals surface area contributed by atoms with E-state index in [0.717, 1.165) is 36.5 Å². The van der Waals surface area contributed by atoms with Crippen molar-refractivity contribution in [2.75, 3.05) is 6.61 Å². The van der Waals surface area contributed by atoms with Gasteiger partial charge in [-0.15, -0.1) is 0 Å². The maximum Gasteiger partial charge on any atom is 0.222 e.